The Morgan fingerprint density at radius 2 is 2.00 bits per heavy atom. The van der Waals surface area contributed by atoms with Crippen molar-refractivity contribution in [1.82, 2.24) is 5.32 Å². The van der Waals surface area contributed by atoms with E-state index in [4.69, 9.17) is 11.6 Å². The van der Waals surface area contributed by atoms with Gasteiger partial charge in [-0.3, -0.25) is 0 Å². The second-order valence-corrected chi connectivity index (χ2v) is 6.13. The van der Waals surface area contributed by atoms with E-state index in [1.165, 1.54) is 5.56 Å². The molecule has 0 saturated carbocycles. The van der Waals surface area contributed by atoms with E-state index in [9.17, 15) is 5.11 Å². The average molecular weight is 288 g/mol. The topological polar surface area (TPSA) is 32.3 Å². The highest BCUT2D eigenvalue weighted by Gasteiger charge is 2.21. The summed E-state index contributed by atoms with van der Waals surface area (Å²) in [6, 6.07) is 8.14. The third-order valence-electron chi connectivity index (χ3n) is 2.87. The Morgan fingerprint density at radius 1 is 1.39 bits per heavy atom. The van der Waals surface area contributed by atoms with Crippen LogP contribution in [0, 0.1) is 0 Å². The van der Waals surface area contributed by atoms with Crippen LogP contribution in [-0.4, -0.2) is 29.3 Å². The highest BCUT2D eigenvalue weighted by molar-refractivity contribution is 7.98. The quantitative estimate of drug-likeness (QED) is 0.805. The van der Waals surface area contributed by atoms with Crippen molar-refractivity contribution in [3.8, 4) is 0 Å². The smallest absolute Gasteiger partial charge is 0.0833 e. The lowest BCUT2D eigenvalue weighted by Gasteiger charge is -2.26. The van der Waals surface area contributed by atoms with Gasteiger partial charge in [0.25, 0.3) is 0 Å². The minimum Gasteiger partial charge on any atom is -0.388 e. The zero-order chi connectivity index (χ0) is 13.6. The average Bonchev–Trinajstić information content (AvgIpc) is 2.32. The van der Waals surface area contributed by atoms with Crippen LogP contribution >= 0.6 is 23.4 Å². The van der Waals surface area contributed by atoms with Crippen LogP contribution in [0.3, 0.4) is 0 Å². The molecule has 0 aliphatic heterocycles. The van der Waals surface area contributed by atoms with Gasteiger partial charge in [0, 0.05) is 23.4 Å². The van der Waals surface area contributed by atoms with E-state index in [1.807, 2.05) is 37.4 Å². The summed E-state index contributed by atoms with van der Waals surface area (Å²) in [6.07, 6.45) is 2.99. The number of hydrogen-bond donors (Lipinski definition) is 2. The molecule has 2 N–H and O–H groups in total. The maximum atomic E-state index is 10.1. The first-order chi connectivity index (χ1) is 8.48. The molecule has 1 aromatic carbocycles. The van der Waals surface area contributed by atoms with Crippen molar-refractivity contribution in [3.05, 3.63) is 34.9 Å². The molecule has 4 heteroatoms. The van der Waals surface area contributed by atoms with Crippen LogP contribution in [0.15, 0.2) is 24.3 Å². The van der Waals surface area contributed by atoms with Gasteiger partial charge in [-0.2, -0.15) is 11.8 Å². The van der Waals surface area contributed by atoms with Gasteiger partial charge >= 0.3 is 0 Å². The molecule has 0 heterocycles. The van der Waals surface area contributed by atoms with E-state index in [2.05, 4.69) is 12.2 Å². The van der Waals surface area contributed by atoms with Crippen molar-refractivity contribution in [2.24, 2.45) is 0 Å². The Labute approximate surface area is 119 Å². The molecule has 18 heavy (non-hydrogen) atoms. The second kappa shape index (κ2) is 7.39. The summed E-state index contributed by atoms with van der Waals surface area (Å²) >= 11 is 7.55. The van der Waals surface area contributed by atoms with E-state index in [-0.39, 0.29) is 6.04 Å². The standard InChI is InChI=1S/C14H22ClNOS/c1-4-13(11-5-7-12(15)8-6-11)16-9-14(2,17)10-18-3/h5-8,13,16-17H,4,9-10H2,1-3H3. The van der Waals surface area contributed by atoms with Crippen LogP contribution in [0.25, 0.3) is 0 Å². The van der Waals surface area contributed by atoms with E-state index >= 15 is 0 Å². The summed E-state index contributed by atoms with van der Waals surface area (Å²) in [5.74, 6) is 0.733. The van der Waals surface area contributed by atoms with Gasteiger partial charge in [0.2, 0.25) is 0 Å². The molecule has 0 aliphatic carbocycles. The summed E-state index contributed by atoms with van der Waals surface area (Å²) in [6.45, 7) is 4.59. The van der Waals surface area contributed by atoms with Gasteiger partial charge in [0.15, 0.2) is 0 Å². The molecule has 102 valence electrons. The number of halogens is 1. The molecule has 2 unspecified atom stereocenters. The van der Waals surface area contributed by atoms with Crippen molar-refractivity contribution in [2.75, 3.05) is 18.6 Å². The fraction of sp³-hybridized carbons (Fsp3) is 0.571. The van der Waals surface area contributed by atoms with Crippen molar-refractivity contribution in [1.29, 1.82) is 0 Å². The molecule has 0 saturated heterocycles. The first-order valence-electron chi connectivity index (χ1n) is 6.18. The molecule has 0 amide bonds. The molecule has 1 rings (SSSR count). The molecule has 0 aromatic heterocycles. The molecule has 0 spiro atoms. The van der Waals surface area contributed by atoms with Crippen molar-refractivity contribution in [2.45, 2.75) is 31.9 Å². The summed E-state index contributed by atoms with van der Waals surface area (Å²) < 4.78 is 0. The number of thioether (sulfide) groups is 1. The molecule has 0 fully saturated rings. The Bertz CT molecular complexity index is 353. The third-order valence-corrected chi connectivity index (χ3v) is 4.03. The second-order valence-electron chi connectivity index (χ2n) is 4.82. The summed E-state index contributed by atoms with van der Waals surface area (Å²) in [5, 5.41) is 14.3. The van der Waals surface area contributed by atoms with E-state index in [0.717, 1.165) is 17.2 Å². The van der Waals surface area contributed by atoms with Crippen LogP contribution < -0.4 is 5.32 Å². The summed E-state index contributed by atoms with van der Waals surface area (Å²) in [5.41, 5.74) is 0.543. The zero-order valence-corrected chi connectivity index (χ0v) is 12.8. The predicted molar refractivity (Wildman–Crippen MR) is 81.5 cm³/mol. The van der Waals surface area contributed by atoms with Gasteiger partial charge in [0.05, 0.1) is 5.60 Å². The van der Waals surface area contributed by atoms with E-state index in [0.29, 0.717) is 6.54 Å². The molecular formula is C14H22ClNOS. The third kappa shape index (κ3) is 5.19. The van der Waals surface area contributed by atoms with Gasteiger partial charge in [-0.25, -0.2) is 0 Å². The molecule has 2 atom stereocenters. The first kappa shape index (κ1) is 15.8. The van der Waals surface area contributed by atoms with E-state index in [1.54, 1.807) is 11.8 Å². The summed E-state index contributed by atoms with van der Waals surface area (Å²) in [7, 11) is 0. The summed E-state index contributed by atoms with van der Waals surface area (Å²) in [4.78, 5) is 0. The number of nitrogens with one attached hydrogen (secondary N) is 1. The van der Waals surface area contributed by atoms with Crippen LogP contribution in [0.4, 0.5) is 0 Å². The van der Waals surface area contributed by atoms with Crippen LogP contribution in [0.5, 0.6) is 0 Å². The Hall–Kier alpha value is -0.220. The fourth-order valence-electron chi connectivity index (χ4n) is 1.90. The van der Waals surface area contributed by atoms with Crippen LogP contribution in [0.1, 0.15) is 31.9 Å². The van der Waals surface area contributed by atoms with E-state index < -0.39 is 5.60 Å². The van der Waals surface area contributed by atoms with Gasteiger partial charge in [-0.1, -0.05) is 30.7 Å². The molecule has 0 bridgehead atoms. The predicted octanol–water partition coefficient (Wildman–Crippen LogP) is 3.49. The Kier molecular flexibility index (Phi) is 6.50. The van der Waals surface area contributed by atoms with Gasteiger partial charge < -0.3 is 10.4 Å². The maximum absolute atomic E-state index is 10.1. The fourth-order valence-corrected chi connectivity index (χ4v) is 2.75. The number of benzene rings is 1. The molecule has 0 radical (unpaired) electrons. The Balaban J connectivity index is 2.60. The number of hydrogen-bond acceptors (Lipinski definition) is 3. The molecule has 0 aliphatic rings. The van der Waals surface area contributed by atoms with Crippen LogP contribution in [0.2, 0.25) is 5.02 Å². The molecular weight excluding hydrogens is 266 g/mol. The van der Waals surface area contributed by atoms with Gasteiger partial charge in [-0.15, -0.1) is 0 Å². The first-order valence-corrected chi connectivity index (χ1v) is 7.96. The molecule has 2 nitrogen and oxygen atoms in total. The minimum atomic E-state index is -0.667. The lowest BCUT2D eigenvalue weighted by molar-refractivity contribution is 0.0812. The lowest BCUT2D eigenvalue weighted by atomic mass is 10.0. The van der Waals surface area contributed by atoms with Crippen molar-refractivity contribution in [3.63, 3.8) is 0 Å². The maximum Gasteiger partial charge on any atom is 0.0833 e. The highest BCUT2D eigenvalue weighted by Crippen LogP contribution is 2.20. The number of aliphatic hydroxyl groups is 1. The van der Waals surface area contributed by atoms with Crippen molar-refractivity contribution < 1.29 is 5.11 Å². The largest absolute Gasteiger partial charge is 0.388 e. The van der Waals surface area contributed by atoms with Gasteiger partial charge in [-0.05, 0) is 37.3 Å². The van der Waals surface area contributed by atoms with Gasteiger partial charge in [0.1, 0.15) is 0 Å². The monoisotopic (exact) mass is 287 g/mol. The Morgan fingerprint density at radius 3 is 2.50 bits per heavy atom. The SMILES string of the molecule is CCC(NCC(C)(O)CSC)c1ccc(Cl)cc1. The van der Waals surface area contributed by atoms with Crippen LogP contribution in [-0.2, 0) is 0 Å². The highest BCUT2D eigenvalue weighted by atomic mass is 35.5. The van der Waals surface area contributed by atoms with Crippen molar-refractivity contribution >= 4 is 23.4 Å². The minimum absolute atomic E-state index is 0.260. The normalized spacial score (nSPS) is 16.3. The lowest BCUT2D eigenvalue weighted by Crippen LogP contribution is -2.41. The zero-order valence-electron chi connectivity index (χ0n) is 11.2. The number of rotatable bonds is 7. The molecule has 1 aromatic rings.